The lowest BCUT2D eigenvalue weighted by Crippen LogP contribution is -2.70. The molecular weight excluding hydrogens is 412 g/mol. The number of ether oxygens (including phenoxy) is 3. The zero-order valence-corrected chi connectivity index (χ0v) is 17.9. The van der Waals surface area contributed by atoms with E-state index in [1.807, 2.05) is 44.2 Å². The highest BCUT2D eigenvalue weighted by atomic mass is 32.2. The maximum atomic E-state index is 12.7. The van der Waals surface area contributed by atoms with Crippen LogP contribution in [0.1, 0.15) is 33.3 Å². The normalized spacial score (nSPS) is 24.9. The van der Waals surface area contributed by atoms with E-state index in [1.54, 1.807) is 0 Å². The van der Waals surface area contributed by atoms with Gasteiger partial charge < -0.3 is 24.4 Å². The first-order chi connectivity index (χ1) is 14.1. The molecule has 9 nitrogen and oxygen atoms in total. The highest BCUT2D eigenvalue weighted by Gasteiger charge is 2.64. The molecule has 1 unspecified atom stereocenters. The number of amides is 2. The van der Waals surface area contributed by atoms with Gasteiger partial charge in [0.05, 0.1) is 0 Å². The van der Waals surface area contributed by atoms with Crippen LogP contribution < -0.4 is 5.32 Å². The Kier molecular flexibility index (Phi) is 6.25. The molecule has 0 saturated carbocycles. The van der Waals surface area contributed by atoms with E-state index in [1.165, 1.54) is 30.5 Å². The molecule has 0 bridgehead atoms. The smallest absolute Gasteiger partial charge is 0.408 e. The molecule has 0 aliphatic carbocycles. The number of thioether (sulfide) groups is 1. The van der Waals surface area contributed by atoms with E-state index in [4.69, 9.17) is 14.2 Å². The van der Waals surface area contributed by atoms with Crippen molar-refractivity contribution in [2.45, 2.75) is 62.8 Å². The molecule has 0 spiro atoms. The van der Waals surface area contributed by atoms with Gasteiger partial charge in [-0.3, -0.25) is 9.59 Å². The lowest BCUT2D eigenvalue weighted by Gasteiger charge is -2.43. The van der Waals surface area contributed by atoms with Gasteiger partial charge in [-0.15, -0.1) is 11.8 Å². The topological polar surface area (TPSA) is 111 Å². The molecule has 1 N–H and O–H groups in total. The summed E-state index contributed by atoms with van der Waals surface area (Å²) in [6, 6.07) is 7.53. The standard InChI is InChI=1S/C20H24N2O7S/c1-11(23)28-12(2)29-18(25)15-20(3,4)30-17-14(16(24)22(15)17)21-19(26)27-10-13-8-6-5-7-9-13/h5-9,12,14-15,17H,10H2,1-4H3,(H,21,26)/t12?,14-,15+,17-/m1/s1. The summed E-state index contributed by atoms with van der Waals surface area (Å²) in [5.41, 5.74) is 0.829. The summed E-state index contributed by atoms with van der Waals surface area (Å²) in [5, 5.41) is 2.16. The van der Waals surface area contributed by atoms with Crippen molar-refractivity contribution >= 4 is 35.7 Å². The number of fused-ring (bicyclic) bond motifs is 1. The summed E-state index contributed by atoms with van der Waals surface area (Å²) < 4.78 is 14.5. The number of hydrogen-bond acceptors (Lipinski definition) is 8. The second-order valence-electron chi connectivity index (χ2n) is 7.56. The van der Waals surface area contributed by atoms with E-state index < -0.39 is 52.4 Å². The monoisotopic (exact) mass is 436 g/mol. The fourth-order valence-corrected chi connectivity index (χ4v) is 5.12. The second kappa shape index (κ2) is 8.55. The van der Waals surface area contributed by atoms with Crippen LogP contribution in [0.5, 0.6) is 0 Å². The van der Waals surface area contributed by atoms with E-state index >= 15 is 0 Å². The number of carbonyl (C=O) groups is 4. The van der Waals surface area contributed by atoms with Gasteiger partial charge in [-0.1, -0.05) is 30.3 Å². The predicted octanol–water partition coefficient (Wildman–Crippen LogP) is 1.80. The summed E-state index contributed by atoms with van der Waals surface area (Å²) in [5.74, 6) is -1.63. The maximum absolute atomic E-state index is 12.7. The first-order valence-corrected chi connectivity index (χ1v) is 10.3. The molecule has 2 heterocycles. The lowest BCUT2D eigenvalue weighted by molar-refractivity contribution is -0.190. The van der Waals surface area contributed by atoms with E-state index in [0.717, 1.165) is 5.56 Å². The Morgan fingerprint density at radius 1 is 1.20 bits per heavy atom. The number of alkyl carbamates (subject to hydrolysis) is 1. The minimum Gasteiger partial charge on any atom is -0.445 e. The summed E-state index contributed by atoms with van der Waals surface area (Å²) >= 11 is 1.39. The van der Waals surface area contributed by atoms with Crippen LogP contribution in [0.15, 0.2) is 30.3 Å². The Morgan fingerprint density at radius 2 is 1.87 bits per heavy atom. The molecule has 2 aliphatic heterocycles. The van der Waals surface area contributed by atoms with Gasteiger partial charge in [0.15, 0.2) is 0 Å². The highest BCUT2D eigenvalue weighted by Crippen LogP contribution is 2.51. The van der Waals surface area contributed by atoms with Crippen LogP contribution in [0.3, 0.4) is 0 Å². The third-order valence-corrected chi connectivity index (χ3v) is 6.34. The summed E-state index contributed by atoms with van der Waals surface area (Å²) in [7, 11) is 0. The van der Waals surface area contributed by atoms with Crippen molar-refractivity contribution in [3.8, 4) is 0 Å². The third kappa shape index (κ3) is 4.53. The van der Waals surface area contributed by atoms with Gasteiger partial charge in [-0.25, -0.2) is 9.59 Å². The minimum absolute atomic E-state index is 0.0869. The molecule has 2 amide bonds. The Hall–Kier alpha value is -2.75. The average molecular weight is 436 g/mol. The van der Waals surface area contributed by atoms with Crippen LogP contribution in [-0.2, 0) is 35.2 Å². The second-order valence-corrected chi connectivity index (χ2v) is 9.33. The Labute approximate surface area is 178 Å². The Morgan fingerprint density at radius 3 is 2.50 bits per heavy atom. The van der Waals surface area contributed by atoms with Crippen LogP contribution >= 0.6 is 11.8 Å². The van der Waals surface area contributed by atoms with Crippen molar-refractivity contribution in [1.29, 1.82) is 0 Å². The number of esters is 2. The highest BCUT2D eigenvalue weighted by molar-refractivity contribution is 8.01. The molecule has 3 rings (SSSR count). The maximum Gasteiger partial charge on any atom is 0.408 e. The van der Waals surface area contributed by atoms with Gasteiger partial charge in [0.2, 0.25) is 12.2 Å². The zero-order valence-electron chi connectivity index (χ0n) is 17.1. The lowest BCUT2D eigenvalue weighted by atomic mass is 9.96. The predicted molar refractivity (Wildman–Crippen MR) is 107 cm³/mol. The van der Waals surface area contributed by atoms with Gasteiger partial charge >= 0.3 is 18.0 Å². The molecule has 1 aromatic rings. The fourth-order valence-electron chi connectivity index (χ4n) is 3.50. The molecule has 1 aromatic carbocycles. The molecule has 2 aliphatic rings. The molecule has 0 radical (unpaired) electrons. The summed E-state index contributed by atoms with van der Waals surface area (Å²) in [6.07, 6.45) is -1.77. The van der Waals surface area contributed by atoms with Crippen molar-refractivity contribution in [2.24, 2.45) is 0 Å². The quantitative estimate of drug-likeness (QED) is 0.408. The Bertz CT molecular complexity index is 845. The van der Waals surface area contributed by atoms with E-state index in [2.05, 4.69) is 5.32 Å². The molecular formula is C20H24N2O7S. The van der Waals surface area contributed by atoms with Gasteiger partial charge in [-0.05, 0) is 19.4 Å². The number of rotatable bonds is 6. The van der Waals surface area contributed by atoms with E-state index in [9.17, 15) is 19.2 Å². The molecule has 2 saturated heterocycles. The molecule has 162 valence electrons. The van der Waals surface area contributed by atoms with Crippen LogP contribution in [-0.4, -0.2) is 57.3 Å². The van der Waals surface area contributed by atoms with Crippen LogP contribution in [0.25, 0.3) is 0 Å². The fraction of sp³-hybridized carbons (Fsp3) is 0.500. The first kappa shape index (κ1) is 21.9. The molecule has 2 fully saturated rings. The molecule has 30 heavy (non-hydrogen) atoms. The van der Waals surface area contributed by atoms with Gasteiger partial charge in [-0.2, -0.15) is 0 Å². The van der Waals surface area contributed by atoms with Gasteiger partial charge in [0.1, 0.15) is 24.1 Å². The molecule has 4 atom stereocenters. The largest absolute Gasteiger partial charge is 0.445 e. The van der Waals surface area contributed by atoms with Crippen molar-refractivity contribution < 1.29 is 33.4 Å². The third-order valence-electron chi connectivity index (χ3n) is 4.76. The zero-order chi connectivity index (χ0) is 22.1. The number of nitrogens with zero attached hydrogens (tertiary/aromatic N) is 1. The number of hydrogen-bond donors (Lipinski definition) is 1. The minimum atomic E-state index is -1.06. The van der Waals surface area contributed by atoms with Crippen molar-refractivity contribution in [2.75, 3.05) is 0 Å². The van der Waals surface area contributed by atoms with Gasteiger partial charge in [0, 0.05) is 18.6 Å². The number of nitrogens with one attached hydrogen (secondary N) is 1. The molecule has 0 aromatic heterocycles. The SMILES string of the molecule is CC(=O)OC(C)OC(=O)[C@@H]1N2C(=O)[C@@H](NC(=O)OCc3ccccc3)[C@H]2SC1(C)C. The Balaban J connectivity index is 1.59. The average Bonchev–Trinajstić information content (AvgIpc) is 2.92. The number of carbonyl (C=O) groups excluding carboxylic acids is 4. The summed E-state index contributed by atoms with van der Waals surface area (Å²) in [6.45, 7) is 6.36. The van der Waals surface area contributed by atoms with Crippen LogP contribution in [0, 0.1) is 0 Å². The van der Waals surface area contributed by atoms with Crippen LogP contribution in [0.2, 0.25) is 0 Å². The van der Waals surface area contributed by atoms with Crippen LogP contribution in [0.4, 0.5) is 4.79 Å². The number of β-lactam (4-membered cyclic amide) rings is 1. The van der Waals surface area contributed by atoms with Crippen molar-refractivity contribution in [1.82, 2.24) is 10.2 Å². The summed E-state index contributed by atoms with van der Waals surface area (Å²) in [4.78, 5) is 49.9. The van der Waals surface area contributed by atoms with Crippen molar-refractivity contribution in [3.63, 3.8) is 0 Å². The van der Waals surface area contributed by atoms with E-state index in [-0.39, 0.29) is 6.61 Å². The molecule has 10 heteroatoms. The van der Waals surface area contributed by atoms with E-state index in [0.29, 0.717) is 0 Å². The van der Waals surface area contributed by atoms with Crippen molar-refractivity contribution in [3.05, 3.63) is 35.9 Å². The van der Waals surface area contributed by atoms with Gasteiger partial charge in [0.25, 0.3) is 0 Å². The first-order valence-electron chi connectivity index (χ1n) is 9.45. The number of benzene rings is 1.